The lowest BCUT2D eigenvalue weighted by molar-refractivity contribution is -0.0445. The van der Waals surface area contributed by atoms with Crippen molar-refractivity contribution >= 4 is 0 Å². The van der Waals surface area contributed by atoms with E-state index < -0.39 is 0 Å². The van der Waals surface area contributed by atoms with Gasteiger partial charge in [-0.25, -0.2) is 0 Å². The van der Waals surface area contributed by atoms with Crippen LogP contribution in [0.5, 0.6) is 0 Å². The van der Waals surface area contributed by atoms with Crippen LogP contribution in [0.1, 0.15) is 13.8 Å². The average molecular weight is 159 g/mol. The highest BCUT2D eigenvalue weighted by molar-refractivity contribution is 4.54. The molecule has 64 valence electrons. The Morgan fingerprint density at radius 1 is 1.45 bits per heavy atom. The fraction of sp³-hybridized carbons (Fsp3) is 1.00. The third-order valence-electron chi connectivity index (χ3n) is 1.22. The zero-order valence-electron chi connectivity index (χ0n) is 5.56. The molecule has 0 aromatic heterocycles. The smallest absolute Gasteiger partial charge is 0.157 e. The summed E-state index contributed by atoms with van der Waals surface area (Å²) >= 11 is 0. The molecule has 1 rings (SSSR count). The molecule has 0 aromatic rings. The van der Waals surface area contributed by atoms with Crippen molar-refractivity contribution in [3.63, 3.8) is 0 Å². The van der Waals surface area contributed by atoms with Crippen LogP contribution >= 0.6 is 0 Å². The summed E-state index contributed by atoms with van der Waals surface area (Å²) in [5.74, 6) is 0. The number of hydrogen-bond donors (Lipinski definition) is 0. The van der Waals surface area contributed by atoms with Gasteiger partial charge >= 0.3 is 0 Å². The molecule has 5 nitrogen and oxygen atoms in total. The van der Waals surface area contributed by atoms with Gasteiger partial charge in [0, 0.05) is 17.9 Å². The summed E-state index contributed by atoms with van der Waals surface area (Å²) in [7, 11) is 0. The number of ether oxygens (including phenoxy) is 2. The Morgan fingerprint density at radius 2 is 2.09 bits per heavy atom. The van der Waals surface area contributed by atoms with Crippen LogP contribution in [0.25, 0.3) is 10.4 Å². The van der Waals surface area contributed by atoms with Crippen molar-refractivity contribution in [2.24, 2.45) is 5.11 Å². The number of hydrogen-bond acceptors (Lipinski definition) is 3. The van der Waals surface area contributed by atoms with Gasteiger partial charge in [-0.1, -0.05) is 12.5 Å². The molecule has 1 aliphatic rings. The van der Waals surface area contributed by atoms with Gasteiger partial charge in [-0.15, -0.1) is 0 Å². The van der Waals surface area contributed by atoms with Crippen LogP contribution in [-0.2, 0) is 9.47 Å². The lowest BCUT2D eigenvalue weighted by Gasteiger charge is -2.04. The molecule has 0 N–H and O–H groups in total. The van der Waals surface area contributed by atoms with E-state index in [4.69, 9.17) is 15.0 Å². The van der Waals surface area contributed by atoms with Crippen LogP contribution in [0.15, 0.2) is 5.11 Å². The zero-order valence-corrected chi connectivity index (χ0v) is 5.56. The second-order valence-electron chi connectivity index (χ2n) is 1.91. The van der Waals surface area contributed by atoms with E-state index in [2.05, 4.69) is 10.0 Å². The molecule has 0 aromatic carbocycles. The van der Waals surface area contributed by atoms with Crippen molar-refractivity contribution in [3.8, 4) is 0 Å². The Morgan fingerprint density at radius 3 is 2.64 bits per heavy atom. The van der Waals surface area contributed by atoms with Gasteiger partial charge < -0.3 is 9.47 Å². The lowest BCUT2D eigenvalue weighted by atomic mass is 10.4. The molecule has 0 aliphatic carbocycles. The number of azide groups is 1. The summed E-state index contributed by atoms with van der Waals surface area (Å²) in [4.78, 5) is 2.61. The first kappa shape index (κ1) is 10.2. The Bertz CT molecular complexity index is 139. The number of nitrogens with zero attached hydrogens (tertiary/aromatic N) is 3. The van der Waals surface area contributed by atoms with Gasteiger partial charge in [-0.3, -0.25) is 0 Å². The van der Waals surface area contributed by atoms with Gasteiger partial charge in [0.25, 0.3) is 0 Å². The molecule has 1 fully saturated rings. The van der Waals surface area contributed by atoms with Crippen LogP contribution in [0, 0.1) is 0 Å². The van der Waals surface area contributed by atoms with Crippen molar-refractivity contribution in [1.29, 1.82) is 0 Å². The highest BCUT2D eigenvalue weighted by atomic mass is 16.7. The molecule has 0 unspecified atom stereocenters. The predicted molar refractivity (Wildman–Crippen MR) is 41.1 cm³/mol. The quantitative estimate of drug-likeness (QED) is 0.357. The van der Waals surface area contributed by atoms with Crippen LogP contribution in [0.2, 0.25) is 0 Å². The van der Waals surface area contributed by atoms with Gasteiger partial charge in [0.05, 0.1) is 13.2 Å². The fourth-order valence-electron chi connectivity index (χ4n) is 0.782. The van der Waals surface area contributed by atoms with Crippen molar-refractivity contribution in [2.75, 3.05) is 19.8 Å². The fourth-order valence-corrected chi connectivity index (χ4v) is 0.782. The first-order chi connectivity index (χ1) is 4.93. The molecule has 0 amide bonds. The molecular weight excluding hydrogens is 146 g/mol. The summed E-state index contributed by atoms with van der Waals surface area (Å²) in [6.45, 7) is 1.75. The molecule has 0 bridgehead atoms. The number of rotatable bonds is 3. The normalized spacial score (nSPS) is 17.1. The van der Waals surface area contributed by atoms with E-state index in [1.165, 1.54) is 0 Å². The van der Waals surface area contributed by atoms with Crippen LogP contribution in [0.3, 0.4) is 0 Å². The lowest BCUT2D eigenvalue weighted by Crippen LogP contribution is -2.08. The Hall–Kier alpha value is -0.770. The van der Waals surface area contributed by atoms with E-state index in [9.17, 15) is 0 Å². The molecule has 1 saturated heterocycles. The summed E-state index contributed by atoms with van der Waals surface area (Å²) in [5.41, 5.74) is 7.92. The van der Waals surface area contributed by atoms with Gasteiger partial charge in [-0.05, 0) is 5.53 Å². The molecule has 0 spiro atoms. The topological polar surface area (TPSA) is 67.2 Å². The molecule has 5 heteroatoms. The molecule has 0 saturated carbocycles. The van der Waals surface area contributed by atoms with Crippen molar-refractivity contribution in [3.05, 3.63) is 10.4 Å². The first-order valence-corrected chi connectivity index (χ1v) is 3.17. The van der Waals surface area contributed by atoms with Gasteiger partial charge in [-0.2, -0.15) is 0 Å². The van der Waals surface area contributed by atoms with E-state index in [1.54, 1.807) is 0 Å². The summed E-state index contributed by atoms with van der Waals surface area (Å²) in [6, 6.07) is 0. The van der Waals surface area contributed by atoms with Crippen molar-refractivity contribution < 1.29 is 9.47 Å². The van der Waals surface area contributed by atoms with Crippen LogP contribution in [-0.4, -0.2) is 26.0 Å². The average Bonchev–Trinajstić information content (AvgIpc) is 2.41. The largest absolute Gasteiger partial charge is 0.350 e. The maximum Gasteiger partial charge on any atom is 0.157 e. The minimum Gasteiger partial charge on any atom is -0.350 e. The van der Waals surface area contributed by atoms with Gasteiger partial charge in [0.1, 0.15) is 0 Å². The van der Waals surface area contributed by atoms with Gasteiger partial charge in [0.15, 0.2) is 6.29 Å². The molecule has 1 aliphatic heterocycles. The predicted octanol–water partition coefficient (Wildman–Crippen LogP) is 1.70. The van der Waals surface area contributed by atoms with E-state index in [-0.39, 0.29) is 13.7 Å². The van der Waals surface area contributed by atoms with Crippen molar-refractivity contribution in [1.82, 2.24) is 0 Å². The van der Waals surface area contributed by atoms with E-state index in [1.807, 2.05) is 0 Å². The Kier molecular flexibility index (Phi) is 5.56. The molecule has 0 atom stereocenters. The molecule has 11 heavy (non-hydrogen) atoms. The molecule has 1 heterocycles. The van der Waals surface area contributed by atoms with Gasteiger partial charge in [0.2, 0.25) is 0 Å². The minimum atomic E-state index is -0.148. The highest BCUT2D eigenvalue weighted by Crippen LogP contribution is 2.07. The summed E-state index contributed by atoms with van der Waals surface area (Å²) in [6.07, 6.45) is 0.509. The van der Waals surface area contributed by atoms with E-state index >= 15 is 0 Å². The second kappa shape index (κ2) is 5.97. The standard InChI is InChI=1S/C5H9N3O2.CH4/c6-8-7-2-1-5-9-3-4-10-5;/h5H,1-4H2;1H4. The summed E-state index contributed by atoms with van der Waals surface area (Å²) in [5, 5.41) is 3.36. The SMILES string of the molecule is C.[N-]=[N+]=NCCC1OCCO1. The highest BCUT2D eigenvalue weighted by Gasteiger charge is 2.13. The van der Waals surface area contributed by atoms with E-state index in [0.29, 0.717) is 26.2 Å². The summed E-state index contributed by atoms with van der Waals surface area (Å²) < 4.78 is 10.2. The zero-order chi connectivity index (χ0) is 7.23. The molecule has 0 radical (unpaired) electrons. The first-order valence-electron chi connectivity index (χ1n) is 3.17. The van der Waals surface area contributed by atoms with Crippen LogP contribution < -0.4 is 0 Å². The van der Waals surface area contributed by atoms with E-state index in [0.717, 1.165) is 0 Å². The second-order valence-corrected chi connectivity index (χ2v) is 1.91. The van der Waals surface area contributed by atoms with Crippen molar-refractivity contribution in [2.45, 2.75) is 20.1 Å². The third-order valence-corrected chi connectivity index (χ3v) is 1.22. The maximum absolute atomic E-state index is 7.92. The maximum atomic E-state index is 7.92. The molecular formula is C6H13N3O2. The Labute approximate surface area is 65.9 Å². The van der Waals surface area contributed by atoms with Crippen LogP contribution in [0.4, 0.5) is 0 Å². The minimum absolute atomic E-state index is 0. The Balaban J connectivity index is 0.000001000. The third kappa shape index (κ3) is 3.83. The monoisotopic (exact) mass is 159 g/mol.